The number of hydrogen-bond acceptors (Lipinski definition) is 8. The lowest BCUT2D eigenvalue weighted by molar-refractivity contribution is -0.132. The zero-order chi connectivity index (χ0) is 21.2. The molecule has 0 bridgehead atoms. The zero-order valence-electron chi connectivity index (χ0n) is 16.5. The molecule has 5 rings (SSSR count). The number of morpholine rings is 1. The normalized spacial score (nSPS) is 14.4. The summed E-state index contributed by atoms with van der Waals surface area (Å²) in [5.41, 5.74) is 0.786. The Morgan fingerprint density at radius 1 is 1.19 bits per heavy atom. The molecule has 1 saturated heterocycles. The van der Waals surface area contributed by atoms with Gasteiger partial charge in [-0.15, -0.1) is 22.7 Å². The van der Waals surface area contributed by atoms with Gasteiger partial charge in [0.2, 0.25) is 5.91 Å². The van der Waals surface area contributed by atoms with Crippen LogP contribution in [0.2, 0.25) is 0 Å². The average Bonchev–Trinajstić information content (AvgIpc) is 3.56. The summed E-state index contributed by atoms with van der Waals surface area (Å²) in [4.78, 5) is 34.5. The number of hydrogen-bond donors (Lipinski definition) is 0. The van der Waals surface area contributed by atoms with E-state index < -0.39 is 0 Å². The van der Waals surface area contributed by atoms with E-state index >= 15 is 0 Å². The Hall–Kier alpha value is -2.40. The van der Waals surface area contributed by atoms with Crippen molar-refractivity contribution in [3.8, 4) is 10.4 Å². The third kappa shape index (κ3) is 4.20. The fourth-order valence-electron chi connectivity index (χ4n) is 3.46. The van der Waals surface area contributed by atoms with Crippen molar-refractivity contribution in [2.75, 3.05) is 32.1 Å². The molecule has 7 nitrogen and oxygen atoms in total. The molecule has 1 aliphatic heterocycles. The average molecular weight is 474 g/mol. The standard InChI is InChI=1S/C21H19N3O4S3/c25-17(23-5-8-27-9-6-23)13-31-21-22-19-18(15(12-30-19)16-4-2-10-29-16)20(26)24(21)11-14-3-1-7-28-14/h1-4,7,10,12H,5-6,8-9,11,13H2. The molecule has 0 unspecified atom stereocenters. The number of furan rings is 1. The maximum Gasteiger partial charge on any atom is 0.264 e. The van der Waals surface area contributed by atoms with Gasteiger partial charge >= 0.3 is 0 Å². The van der Waals surface area contributed by atoms with Gasteiger partial charge in [0.05, 0.1) is 37.2 Å². The van der Waals surface area contributed by atoms with E-state index in [2.05, 4.69) is 0 Å². The van der Waals surface area contributed by atoms with Crippen LogP contribution >= 0.6 is 34.4 Å². The van der Waals surface area contributed by atoms with Crippen LogP contribution in [-0.4, -0.2) is 52.4 Å². The van der Waals surface area contributed by atoms with Crippen molar-refractivity contribution in [2.45, 2.75) is 11.7 Å². The second kappa shape index (κ2) is 8.99. The maximum absolute atomic E-state index is 13.6. The van der Waals surface area contributed by atoms with Crippen LogP contribution in [0.15, 0.2) is 55.7 Å². The summed E-state index contributed by atoms with van der Waals surface area (Å²) in [5.74, 6) is 0.911. The van der Waals surface area contributed by atoms with Gasteiger partial charge in [-0.25, -0.2) is 4.98 Å². The van der Waals surface area contributed by atoms with Gasteiger partial charge in [-0.2, -0.15) is 0 Å². The minimum Gasteiger partial charge on any atom is -0.467 e. The number of carbonyl (C=O) groups excluding carboxylic acids is 1. The van der Waals surface area contributed by atoms with Crippen LogP contribution in [0.1, 0.15) is 5.76 Å². The zero-order valence-corrected chi connectivity index (χ0v) is 18.9. The van der Waals surface area contributed by atoms with E-state index in [9.17, 15) is 9.59 Å². The van der Waals surface area contributed by atoms with Crippen molar-refractivity contribution >= 4 is 50.6 Å². The number of nitrogens with zero attached hydrogens (tertiary/aromatic N) is 3. The van der Waals surface area contributed by atoms with Crippen molar-refractivity contribution in [1.82, 2.24) is 14.5 Å². The van der Waals surface area contributed by atoms with Gasteiger partial charge in [0.25, 0.3) is 5.56 Å². The largest absolute Gasteiger partial charge is 0.467 e. The van der Waals surface area contributed by atoms with E-state index in [1.54, 1.807) is 33.1 Å². The molecule has 0 spiro atoms. The lowest BCUT2D eigenvalue weighted by Gasteiger charge is -2.26. The topological polar surface area (TPSA) is 77.6 Å². The van der Waals surface area contributed by atoms with Crippen molar-refractivity contribution in [3.05, 3.63) is 57.4 Å². The predicted octanol–water partition coefficient (Wildman–Crippen LogP) is 3.78. The first-order valence-corrected chi connectivity index (χ1v) is 12.5. The molecular weight excluding hydrogens is 454 g/mol. The molecule has 1 amide bonds. The van der Waals surface area contributed by atoms with E-state index in [0.717, 1.165) is 10.4 Å². The molecule has 0 radical (unpaired) electrons. The van der Waals surface area contributed by atoms with Crippen LogP contribution in [0.25, 0.3) is 20.7 Å². The summed E-state index contributed by atoms with van der Waals surface area (Å²) in [5, 5.41) is 5.11. The van der Waals surface area contributed by atoms with E-state index in [1.807, 2.05) is 29.0 Å². The van der Waals surface area contributed by atoms with Gasteiger partial charge in [-0.1, -0.05) is 17.8 Å². The van der Waals surface area contributed by atoms with Crippen molar-refractivity contribution < 1.29 is 13.9 Å². The van der Waals surface area contributed by atoms with Crippen LogP contribution in [-0.2, 0) is 16.1 Å². The first-order valence-electron chi connectivity index (χ1n) is 9.77. The minimum absolute atomic E-state index is 0.0256. The number of aromatic nitrogens is 2. The summed E-state index contributed by atoms with van der Waals surface area (Å²) < 4.78 is 12.4. The number of rotatable bonds is 6. The van der Waals surface area contributed by atoms with Gasteiger partial charge < -0.3 is 14.1 Å². The van der Waals surface area contributed by atoms with E-state index in [-0.39, 0.29) is 23.8 Å². The highest BCUT2D eigenvalue weighted by molar-refractivity contribution is 7.99. The molecule has 4 aromatic heterocycles. The minimum atomic E-state index is -0.118. The maximum atomic E-state index is 13.6. The van der Waals surface area contributed by atoms with Gasteiger partial charge in [0, 0.05) is 28.9 Å². The van der Waals surface area contributed by atoms with Crippen LogP contribution in [0.5, 0.6) is 0 Å². The predicted molar refractivity (Wildman–Crippen MR) is 123 cm³/mol. The molecule has 5 heterocycles. The molecule has 0 N–H and O–H groups in total. The summed E-state index contributed by atoms with van der Waals surface area (Å²) in [7, 11) is 0. The number of ether oxygens (including phenoxy) is 1. The molecule has 31 heavy (non-hydrogen) atoms. The summed E-state index contributed by atoms with van der Waals surface area (Å²) >= 11 is 4.34. The Morgan fingerprint density at radius 2 is 2.06 bits per heavy atom. The molecule has 160 valence electrons. The van der Waals surface area contributed by atoms with E-state index in [4.69, 9.17) is 14.1 Å². The number of fused-ring (bicyclic) bond motifs is 1. The molecule has 1 fully saturated rings. The molecule has 1 aliphatic rings. The molecule has 4 aromatic rings. The van der Waals surface area contributed by atoms with Crippen LogP contribution in [0.3, 0.4) is 0 Å². The second-order valence-electron chi connectivity index (χ2n) is 6.95. The molecule has 0 aliphatic carbocycles. The fourth-order valence-corrected chi connectivity index (χ4v) is 6.16. The van der Waals surface area contributed by atoms with Crippen molar-refractivity contribution in [2.24, 2.45) is 0 Å². The highest BCUT2D eigenvalue weighted by atomic mass is 32.2. The van der Waals surface area contributed by atoms with Crippen LogP contribution in [0, 0.1) is 0 Å². The molecule has 0 aromatic carbocycles. The summed E-state index contributed by atoms with van der Waals surface area (Å²) in [6, 6.07) is 7.60. The third-order valence-electron chi connectivity index (χ3n) is 5.03. The second-order valence-corrected chi connectivity index (χ2v) is 9.70. The fraction of sp³-hybridized carbons (Fsp3) is 0.286. The van der Waals surface area contributed by atoms with Crippen molar-refractivity contribution in [1.29, 1.82) is 0 Å². The molecule has 0 atom stereocenters. The Bertz CT molecular complexity index is 1240. The lowest BCUT2D eigenvalue weighted by Crippen LogP contribution is -2.41. The number of thiophene rings is 2. The van der Waals surface area contributed by atoms with Crippen molar-refractivity contribution in [3.63, 3.8) is 0 Å². The quantitative estimate of drug-likeness (QED) is 0.313. The Balaban J connectivity index is 1.51. The Morgan fingerprint density at radius 3 is 2.81 bits per heavy atom. The first kappa shape index (κ1) is 20.5. The van der Waals surface area contributed by atoms with E-state index in [1.165, 1.54) is 23.1 Å². The van der Waals surface area contributed by atoms with E-state index in [0.29, 0.717) is 47.4 Å². The highest BCUT2D eigenvalue weighted by Crippen LogP contribution is 2.34. The van der Waals surface area contributed by atoms with Gasteiger partial charge in [0.15, 0.2) is 5.16 Å². The number of thioether (sulfide) groups is 1. The highest BCUT2D eigenvalue weighted by Gasteiger charge is 2.21. The van der Waals surface area contributed by atoms with Gasteiger partial charge in [-0.3, -0.25) is 14.2 Å². The Labute approximate surface area is 190 Å². The summed E-state index contributed by atoms with van der Waals surface area (Å²) in [6.45, 7) is 2.58. The third-order valence-corrected chi connectivity index (χ3v) is 7.76. The molecule has 10 heteroatoms. The smallest absolute Gasteiger partial charge is 0.264 e. The first-order chi connectivity index (χ1) is 15.2. The number of carbonyl (C=O) groups is 1. The lowest BCUT2D eigenvalue weighted by atomic mass is 10.2. The van der Waals surface area contributed by atoms with Crippen LogP contribution in [0.4, 0.5) is 0 Å². The number of amides is 1. The SMILES string of the molecule is O=C(CSc1nc2scc(-c3cccs3)c2c(=O)n1Cc1ccco1)N1CCOCC1. The monoisotopic (exact) mass is 473 g/mol. The molecular formula is C21H19N3O4S3. The molecule has 0 saturated carbocycles. The van der Waals surface area contributed by atoms with Gasteiger partial charge in [-0.05, 0) is 23.6 Å². The summed E-state index contributed by atoms with van der Waals surface area (Å²) in [6.07, 6.45) is 1.59. The van der Waals surface area contributed by atoms with Gasteiger partial charge in [0.1, 0.15) is 10.6 Å². The Kier molecular flexibility index (Phi) is 5.95. The van der Waals surface area contributed by atoms with Crippen LogP contribution < -0.4 is 5.56 Å².